The maximum absolute atomic E-state index is 3.39. The average Bonchev–Trinajstić information content (AvgIpc) is 2.31. The zero-order valence-electron chi connectivity index (χ0n) is 6.13. The van der Waals surface area contributed by atoms with Crippen LogP contribution < -0.4 is 4.57 Å². The highest BCUT2D eigenvalue weighted by molar-refractivity contribution is 9.09. The van der Waals surface area contributed by atoms with E-state index in [9.17, 15) is 0 Å². The molecule has 2 nitrogen and oxygen atoms in total. The fourth-order valence-electron chi connectivity index (χ4n) is 0.876. The molecule has 0 amide bonds. The summed E-state index contributed by atoms with van der Waals surface area (Å²) >= 11 is 3.39. The molecule has 0 aliphatic carbocycles. The van der Waals surface area contributed by atoms with Crippen molar-refractivity contribution in [2.45, 2.75) is 13.0 Å². The van der Waals surface area contributed by atoms with Gasteiger partial charge in [-0.15, -0.1) is 0 Å². The molecule has 1 aromatic heterocycles. The van der Waals surface area contributed by atoms with Gasteiger partial charge in [0.2, 0.25) is 6.33 Å². The number of hydrogen-bond donors (Lipinski definition) is 0. The summed E-state index contributed by atoms with van der Waals surface area (Å²) in [6.07, 6.45) is 7.41. The molecule has 0 aromatic carbocycles. The van der Waals surface area contributed by atoms with Crippen LogP contribution in [0.25, 0.3) is 0 Å². The molecule has 0 unspecified atom stereocenters. The summed E-state index contributed by atoms with van der Waals surface area (Å²) in [7, 11) is 2.03. The van der Waals surface area contributed by atoms with Gasteiger partial charge in [0.25, 0.3) is 0 Å². The minimum atomic E-state index is 1.08. The van der Waals surface area contributed by atoms with E-state index in [1.807, 2.05) is 17.8 Å². The standard InChI is InChI=1S/C7H12BrN2/c1-9-5-6-10(7-9)4-2-3-8/h5-7H,2-4H2,1H3/q+1. The number of hydrogen-bond acceptors (Lipinski definition) is 0. The Morgan fingerprint density at radius 1 is 1.60 bits per heavy atom. The van der Waals surface area contributed by atoms with Crippen molar-refractivity contribution < 1.29 is 4.57 Å². The number of rotatable bonds is 3. The van der Waals surface area contributed by atoms with E-state index < -0.39 is 0 Å². The van der Waals surface area contributed by atoms with E-state index in [4.69, 9.17) is 0 Å². The maximum atomic E-state index is 3.39. The Balaban J connectivity index is 2.42. The summed E-state index contributed by atoms with van der Waals surface area (Å²) in [4.78, 5) is 0. The van der Waals surface area contributed by atoms with Gasteiger partial charge in [-0.2, -0.15) is 0 Å². The molecule has 1 aromatic rings. The molecule has 0 radical (unpaired) electrons. The van der Waals surface area contributed by atoms with Crippen molar-refractivity contribution in [1.29, 1.82) is 0 Å². The summed E-state index contributed by atoms with van der Waals surface area (Å²) in [5, 5.41) is 1.08. The lowest BCUT2D eigenvalue weighted by molar-refractivity contribution is -0.696. The van der Waals surface area contributed by atoms with E-state index in [0.29, 0.717) is 0 Å². The molecule has 0 fully saturated rings. The van der Waals surface area contributed by atoms with Gasteiger partial charge in [0, 0.05) is 5.33 Å². The minimum Gasteiger partial charge on any atom is -0.240 e. The zero-order chi connectivity index (χ0) is 7.40. The van der Waals surface area contributed by atoms with Crippen LogP contribution in [-0.2, 0) is 13.6 Å². The molecule has 0 saturated heterocycles. The molecule has 0 atom stereocenters. The number of alkyl halides is 1. The fraction of sp³-hybridized carbons (Fsp3) is 0.571. The van der Waals surface area contributed by atoms with Gasteiger partial charge in [0.1, 0.15) is 12.4 Å². The Hall–Kier alpha value is -0.310. The molecule has 1 heterocycles. The summed E-state index contributed by atoms with van der Waals surface area (Å²) in [5.41, 5.74) is 0. The van der Waals surface area contributed by atoms with Crippen molar-refractivity contribution in [3.8, 4) is 0 Å². The Kier molecular flexibility index (Phi) is 2.93. The van der Waals surface area contributed by atoms with E-state index in [1.54, 1.807) is 0 Å². The van der Waals surface area contributed by atoms with Crippen LogP contribution in [0, 0.1) is 0 Å². The smallest absolute Gasteiger partial charge is 0.240 e. The predicted molar refractivity (Wildman–Crippen MR) is 44.0 cm³/mol. The molecule has 0 aliphatic rings. The van der Waals surface area contributed by atoms with Crippen molar-refractivity contribution in [2.75, 3.05) is 5.33 Å². The van der Waals surface area contributed by atoms with Crippen LogP contribution >= 0.6 is 15.9 Å². The highest BCUT2D eigenvalue weighted by Gasteiger charge is 1.96. The lowest BCUT2D eigenvalue weighted by Crippen LogP contribution is -2.30. The van der Waals surface area contributed by atoms with E-state index in [1.165, 1.54) is 6.42 Å². The van der Waals surface area contributed by atoms with Crippen molar-refractivity contribution in [2.24, 2.45) is 7.05 Å². The van der Waals surface area contributed by atoms with Crippen LogP contribution in [0.15, 0.2) is 18.7 Å². The van der Waals surface area contributed by atoms with E-state index in [0.717, 1.165) is 11.9 Å². The Morgan fingerprint density at radius 3 is 2.90 bits per heavy atom. The van der Waals surface area contributed by atoms with Crippen LogP contribution in [0.2, 0.25) is 0 Å². The summed E-state index contributed by atoms with van der Waals surface area (Å²) in [5.74, 6) is 0. The number of imidazole rings is 1. The van der Waals surface area contributed by atoms with Gasteiger partial charge in [0.15, 0.2) is 0 Å². The van der Waals surface area contributed by atoms with Crippen molar-refractivity contribution >= 4 is 15.9 Å². The van der Waals surface area contributed by atoms with E-state index in [-0.39, 0.29) is 0 Å². The zero-order valence-corrected chi connectivity index (χ0v) is 7.71. The van der Waals surface area contributed by atoms with Crippen LogP contribution in [0.3, 0.4) is 0 Å². The van der Waals surface area contributed by atoms with Gasteiger partial charge >= 0.3 is 0 Å². The lowest BCUT2D eigenvalue weighted by atomic mass is 10.5. The topological polar surface area (TPSA) is 8.81 Å². The maximum Gasteiger partial charge on any atom is 0.243 e. The first-order valence-corrected chi connectivity index (χ1v) is 4.52. The van der Waals surface area contributed by atoms with Gasteiger partial charge < -0.3 is 0 Å². The van der Waals surface area contributed by atoms with Crippen LogP contribution in [-0.4, -0.2) is 9.90 Å². The minimum absolute atomic E-state index is 1.08. The molecular formula is C7H12BrN2+. The van der Waals surface area contributed by atoms with Crippen molar-refractivity contribution in [1.82, 2.24) is 4.57 Å². The predicted octanol–water partition coefficient (Wildman–Crippen LogP) is 1.10. The normalized spacial score (nSPS) is 10.2. The highest BCUT2D eigenvalue weighted by Crippen LogP contribution is 1.87. The largest absolute Gasteiger partial charge is 0.243 e. The summed E-state index contributed by atoms with van der Waals surface area (Å²) in [6, 6.07) is 0. The summed E-state index contributed by atoms with van der Waals surface area (Å²) in [6.45, 7) is 1.10. The number of halogens is 1. The molecule has 0 aliphatic heterocycles. The quantitative estimate of drug-likeness (QED) is 0.515. The van der Waals surface area contributed by atoms with E-state index >= 15 is 0 Å². The van der Waals surface area contributed by atoms with E-state index in [2.05, 4.69) is 33.0 Å². The van der Waals surface area contributed by atoms with Gasteiger partial charge in [0.05, 0.1) is 13.6 Å². The Labute approximate surface area is 69.6 Å². The Bertz CT molecular complexity index is 195. The SMILES string of the molecule is Cn1cc[n+](CCCBr)c1. The van der Waals surface area contributed by atoms with Gasteiger partial charge in [-0.25, -0.2) is 9.13 Å². The average molecular weight is 204 g/mol. The monoisotopic (exact) mass is 203 g/mol. The fourth-order valence-corrected chi connectivity index (χ4v) is 1.13. The van der Waals surface area contributed by atoms with Crippen molar-refractivity contribution in [3.63, 3.8) is 0 Å². The molecule has 3 heteroatoms. The first-order chi connectivity index (χ1) is 4.83. The van der Waals surface area contributed by atoms with Gasteiger partial charge in [-0.05, 0) is 6.42 Å². The van der Waals surface area contributed by atoms with Crippen LogP contribution in [0.4, 0.5) is 0 Å². The third-order valence-corrected chi connectivity index (χ3v) is 1.93. The number of aromatic nitrogens is 2. The molecule has 0 saturated carbocycles. The Morgan fingerprint density at radius 2 is 2.40 bits per heavy atom. The second-order valence-corrected chi connectivity index (χ2v) is 3.15. The first kappa shape index (κ1) is 7.79. The lowest BCUT2D eigenvalue weighted by Gasteiger charge is -1.89. The summed E-state index contributed by atoms with van der Waals surface area (Å²) < 4.78 is 4.23. The van der Waals surface area contributed by atoms with Crippen LogP contribution in [0.5, 0.6) is 0 Å². The number of aryl methyl sites for hydroxylation is 2. The molecule has 0 N–H and O–H groups in total. The molecule has 0 bridgehead atoms. The second-order valence-electron chi connectivity index (χ2n) is 2.36. The van der Waals surface area contributed by atoms with Crippen LogP contribution in [0.1, 0.15) is 6.42 Å². The third kappa shape index (κ3) is 2.14. The molecule has 56 valence electrons. The second kappa shape index (κ2) is 3.76. The molecule has 0 spiro atoms. The van der Waals surface area contributed by atoms with Crippen molar-refractivity contribution in [3.05, 3.63) is 18.7 Å². The number of nitrogens with zero attached hydrogens (tertiary/aromatic N) is 2. The third-order valence-electron chi connectivity index (χ3n) is 1.37. The molecule has 10 heavy (non-hydrogen) atoms. The first-order valence-electron chi connectivity index (χ1n) is 3.40. The van der Waals surface area contributed by atoms with Gasteiger partial charge in [-0.3, -0.25) is 0 Å². The molecular weight excluding hydrogens is 192 g/mol. The molecule has 1 rings (SSSR count). The highest BCUT2D eigenvalue weighted by atomic mass is 79.9. The van der Waals surface area contributed by atoms with Gasteiger partial charge in [-0.1, -0.05) is 15.9 Å².